The Hall–Kier alpha value is -1.05. The van der Waals surface area contributed by atoms with Crippen LogP contribution in [0, 0.1) is 46.3 Å². The van der Waals surface area contributed by atoms with Crippen LogP contribution in [0.3, 0.4) is 0 Å². The zero-order chi connectivity index (χ0) is 23.3. The molecule has 4 rings (SSSR count). The average molecular weight is 441 g/mol. The zero-order valence-corrected chi connectivity index (χ0v) is 21.9. The first-order chi connectivity index (χ1) is 15.1. The number of ether oxygens (including phenoxy) is 1. The van der Waals surface area contributed by atoms with Crippen molar-refractivity contribution in [3.8, 4) is 0 Å². The zero-order valence-electron chi connectivity index (χ0n) is 21.9. The third-order valence-electron chi connectivity index (χ3n) is 10.8. The van der Waals surface area contributed by atoms with Gasteiger partial charge in [-0.2, -0.15) is 0 Å². The van der Waals surface area contributed by atoms with Crippen LogP contribution in [0.15, 0.2) is 23.3 Å². The molecule has 0 aromatic rings. The van der Waals surface area contributed by atoms with Crippen LogP contribution < -0.4 is 0 Å². The fraction of sp³-hybridized carbons (Fsp3) is 0.833. The van der Waals surface area contributed by atoms with Crippen LogP contribution in [-0.4, -0.2) is 12.1 Å². The van der Waals surface area contributed by atoms with Crippen molar-refractivity contribution in [2.75, 3.05) is 0 Å². The van der Waals surface area contributed by atoms with Gasteiger partial charge in [-0.15, -0.1) is 0 Å². The SMILES string of the molecule is CC(=O)O[C@H]1CC[C@@]2(C)C(=CC=C3[C@@H]4CC[C@H]([C@H](C)CCC(C)C(C)C)[C@@]4(C)CC[C@@H]32)C1. The van der Waals surface area contributed by atoms with E-state index in [9.17, 15) is 4.79 Å². The Kier molecular flexibility index (Phi) is 6.74. The van der Waals surface area contributed by atoms with E-state index in [4.69, 9.17) is 4.74 Å². The molecule has 0 spiro atoms. The molecule has 0 radical (unpaired) electrons. The van der Waals surface area contributed by atoms with Crippen molar-refractivity contribution in [1.29, 1.82) is 0 Å². The highest BCUT2D eigenvalue weighted by Gasteiger charge is 2.57. The molecule has 2 heteroatoms. The fourth-order valence-corrected chi connectivity index (χ4v) is 8.34. The summed E-state index contributed by atoms with van der Waals surface area (Å²) in [5.74, 6) is 4.71. The first kappa shape index (κ1) is 24.1. The summed E-state index contributed by atoms with van der Waals surface area (Å²) in [5.41, 5.74) is 4.08. The highest BCUT2D eigenvalue weighted by atomic mass is 16.5. The topological polar surface area (TPSA) is 26.3 Å². The minimum atomic E-state index is -0.131. The van der Waals surface area contributed by atoms with Gasteiger partial charge in [-0.05, 0) is 84.9 Å². The maximum atomic E-state index is 11.5. The van der Waals surface area contributed by atoms with Crippen molar-refractivity contribution < 1.29 is 9.53 Å². The van der Waals surface area contributed by atoms with Crippen molar-refractivity contribution in [2.24, 2.45) is 46.3 Å². The Morgan fingerprint density at radius 3 is 2.44 bits per heavy atom. The molecule has 3 fully saturated rings. The van der Waals surface area contributed by atoms with Gasteiger partial charge in [-0.1, -0.05) is 77.7 Å². The average Bonchev–Trinajstić information content (AvgIpc) is 3.08. The highest BCUT2D eigenvalue weighted by molar-refractivity contribution is 5.66. The monoisotopic (exact) mass is 440 g/mol. The lowest BCUT2D eigenvalue weighted by Crippen LogP contribution is -2.46. The number of fused-ring (bicyclic) bond motifs is 5. The van der Waals surface area contributed by atoms with Crippen molar-refractivity contribution in [3.63, 3.8) is 0 Å². The lowest BCUT2D eigenvalue weighted by Gasteiger charge is -2.55. The van der Waals surface area contributed by atoms with Gasteiger partial charge in [0.15, 0.2) is 0 Å². The summed E-state index contributed by atoms with van der Waals surface area (Å²) in [6.45, 7) is 16.5. The lowest BCUT2D eigenvalue weighted by molar-refractivity contribution is -0.148. The molecule has 1 unspecified atom stereocenters. The van der Waals surface area contributed by atoms with Gasteiger partial charge in [0.05, 0.1) is 0 Å². The van der Waals surface area contributed by atoms with E-state index in [0.29, 0.717) is 11.3 Å². The Bertz CT molecular complexity index is 776. The Labute approximate surface area is 197 Å². The van der Waals surface area contributed by atoms with Gasteiger partial charge in [0.1, 0.15) is 6.10 Å². The summed E-state index contributed by atoms with van der Waals surface area (Å²) in [7, 11) is 0. The third-order valence-corrected chi connectivity index (χ3v) is 10.8. The van der Waals surface area contributed by atoms with Gasteiger partial charge in [-0.3, -0.25) is 4.79 Å². The number of esters is 1. The molecule has 0 heterocycles. The van der Waals surface area contributed by atoms with Crippen LogP contribution in [0.4, 0.5) is 0 Å². The molecule has 8 atom stereocenters. The third kappa shape index (κ3) is 4.14. The van der Waals surface area contributed by atoms with Gasteiger partial charge in [0, 0.05) is 13.3 Å². The van der Waals surface area contributed by atoms with E-state index in [0.717, 1.165) is 48.9 Å². The predicted molar refractivity (Wildman–Crippen MR) is 133 cm³/mol. The Morgan fingerprint density at radius 2 is 1.75 bits per heavy atom. The molecule has 0 aromatic carbocycles. The molecular weight excluding hydrogens is 392 g/mol. The minimum Gasteiger partial charge on any atom is -0.462 e. The number of allylic oxidation sites excluding steroid dienone is 3. The molecule has 0 amide bonds. The van der Waals surface area contributed by atoms with E-state index < -0.39 is 0 Å². The van der Waals surface area contributed by atoms with Crippen LogP contribution >= 0.6 is 0 Å². The molecule has 2 nitrogen and oxygen atoms in total. The van der Waals surface area contributed by atoms with Gasteiger partial charge in [0.25, 0.3) is 0 Å². The molecule has 4 aliphatic carbocycles. The van der Waals surface area contributed by atoms with Crippen molar-refractivity contribution >= 4 is 5.97 Å². The van der Waals surface area contributed by atoms with Crippen LogP contribution in [0.5, 0.6) is 0 Å². The number of carbonyl (C=O) groups is 1. The molecule has 0 aromatic heterocycles. The van der Waals surface area contributed by atoms with E-state index in [1.54, 1.807) is 12.5 Å². The predicted octanol–water partition coefficient (Wildman–Crippen LogP) is 8.13. The van der Waals surface area contributed by atoms with Crippen LogP contribution in [0.2, 0.25) is 0 Å². The number of carbonyl (C=O) groups excluding carboxylic acids is 1. The Balaban J connectivity index is 1.50. The number of hydrogen-bond donors (Lipinski definition) is 0. The van der Waals surface area contributed by atoms with Gasteiger partial charge in [-0.25, -0.2) is 0 Å². The standard InChI is InChI=1S/C30H48O2/c1-19(2)20(3)8-9-21(4)26-12-13-27-25-11-10-23-18-24(32-22(5)31)14-16-29(23,6)28(25)15-17-30(26,27)7/h10-11,19-21,24,26-28H,8-9,12-18H2,1-7H3/t20?,21-,24+,26-,27+,28+,29+,30-/m1/s1. The molecular formula is C30H48O2. The molecule has 4 aliphatic rings. The van der Waals surface area contributed by atoms with E-state index in [1.165, 1.54) is 44.1 Å². The van der Waals surface area contributed by atoms with Gasteiger partial charge >= 0.3 is 5.97 Å². The second-order valence-electron chi connectivity index (χ2n) is 12.9. The molecule has 32 heavy (non-hydrogen) atoms. The first-order valence-corrected chi connectivity index (χ1v) is 13.6. The normalized spacial score (nSPS) is 40.5. The van der Waals surface area contributed by atoms with Crippen LogP contribution in [0.1, 0.15) is 106 Å². The lowest BCUT2D eigenvalue weighted by atomic mass is 9.50. The van der Waals surface area contributed by atoms with E-state index in [1.807, 2.05) is 0 Å². The van der Waals surface area contributed by atoms with Crippen LogP contribution in [0.25, 0.3) is 0 Å². The maximum absolute atomic E-state index is 11.5. The molecule has 0 N–H and O–H groups in total. The highest BCUT2D eigenvalue weighted by Crippen LogP contribution is 2.66. The fourth-order valence-electron chi connectivity index (χ4n) is 8.34. The van der Waals surface area contributed by atoms with E-state index in [2.05, 4.69) is 53.7 Å². The van der Waals surface area contributed by atoms with Crippen molar-refractivity contribution in [3.05, 3.63) is 23.3 Å². The molecule has 0 aliphatic heterocycles. The quantitative estimate of drug-likeness (QED) is 0.390. The summed E-state index contributed by atoms with van der Waals surface area (Å²) in [5, 5.41) is 0. The first-order valence-electron chi connectivity index (χ1n) is 13.6. The van der Waals surface area contributed by atoms with E-state index in [-0.39, 0.29) is 17.5 Å². The molecule has 3 saturated carbocycles. The second kappa shape index (κ2) is 8.95. The van der Waals surface area contributed by atoms with Crippen LogP contribution in [-0.2, 0) is 9.53 Å². The summed E-state index contributed by atoms with van der Waals surface area (Å²) in [6.07, 6.45) is 16.5. The number of hydrogen-bond acceptors (Lipinski definition) is 2. The van der Waals surface area contributed by atoms with E-state index >= 15 is 0 Å². The summed E-state index contributed by atoms with van der Waals surface area (Å²) >= 11 is 0. The largest absolute Gasteiger partial charge is 0.462 e. The molecule has 0 saturated heterocycles. The van der Waals surface area contributed by atoms with Crippen molar-refractivity contribution in [2.45, 2.75) is 112 Å². The minimum absolute atomic E-state index is 0.0839. The maximum Gasteiger partial charge on any atom is 0.302 e. The smallest absolute Gasteiger partial charge is 0.302 e. The summed E-state index contributed by atoms with van der Waals surface area (Å²) in [6, 6.07) is 0. The Morgan fingerprint density at radius 1 is 1.00 bits per heavy atom. The summed E-state index contributed by atoms with van der Waals surface area (Å²) in [4.78, 5) is 11.5. The second-order valence-corrected chi connectivity index (χ2v) is 12.9. The number of rotatable bonds is 6. The molecule has 180 valence electrons. The van der Waals surface area contributed by atoms with Gasteiger partial charge < -0.3 is 4.74 Å². The van der Waals surface area contributed by atoms with Gasteiger partial charge in [0.2, 0.25) is 0 Å². The van der Waals surface area contributed by atoms with Crippen molar-refractivity contribution in [1.82, 2.24) is 0 Å². The molecule has 0 bridgehead atoms. The summed E-state index contributed by atoms with van der Waals surface area (Å²) < 4.78 is 5.60.